The fourth-order valence-corrected chi connectivity index (χ4v) is 2.64. The highest BCUT2D eigenvalue weighted by molar-refractivity contribution is 5.74. The van der Waals surface area contributed by atoms with Crippen LogP contribution in [0, 0.1) is 0 Å². The van der Waals surface area contributed by atoms with E-state index in [-0.39, 0.29) is 12.4 Å². The van der Waals surface area contributed by atoms with E-state index in [2.05, 4.69) is 16.6 Å². The fourth-order valence-electron chi connectivity index (χ4n) is 2.64. The minimum Gasteiger partial charge on any atom is -1.00 e. The largest absolute Gasteiger partial charge is 1.00 e. The number of aryl methyl sites for hydroxylation is 1. The Balaban J connectivity index is 0.00000441. The lowest BCUT2D eigenvalue weighted by molar-refractivity contribution is -0.698. The molecular weight excluding hydrogens is 296 g/mol. The molecule has 0 aliphatic heterocycles. The Morgan fingerprint density at radius 3 is 2.14 bits per heavy atom. The lowest BCUT2D eigenvalue weighted by Crippen LogP contribution is -3.00. The number of pyridine rings is 1. The first-order chi connectivity index (χ1) is 10.4. The number of aromatic nitrogens is 1. The van der Waals surface area contributed by atoms with Gasteiger partial charge in [0.05, 0.1) is 0 Å². The van der Waals surface area contributed by atoms with Crippen LogP contribution in [0.4, 0.5) is 0 Å². The normalized spacial score (nSPS) is 10.8. The molecular formula is C18H31ClN2O. The molecule has 1 rings (SSSR count). The van der Waals surface area contributed by atoms with E-state index in [0.29, 0.717) is 0 Å². The maximum Gasteiger partial charge on any atom is 0.227 e. The number of rotatable bonds is 12. The highest BCUT2D eigenvalue weighted by Gasteiger charge is 2.06. The molecule has 0 bridgehead atoms. The van der Waals surface area contributed by atoms with Gasteiger partial charge in [0.15, 0.2) is 6.20 Å². The third-order valence-corrected chi connectivity index (χ3v) is 3.92. The van der Waals surface area contributed by atoms with Crippen LogP contribution in [0.3, 0.4) is 0 Å². The molecule has 0 aromatic carbocycles. The number of hydrogen-bond acceptors (Lipinski definition) is 2. The predicted octanol–water partition coefficient (Wildman–Crippen LogP) is 1.71. The Morgan fingerprint density at radius 2 is 1.55 bits per heavy atom. The summed E-state index contributed by atoms with van der Waals surface area (Å²) in [6.07, 6.45) is 17.1. The van der Waals surface area contributed by atoms with E-state index in [1.165, 1.54) is 70.4 Å². The van der Waals surface area contributed by atoms with E-state index in [1.807, 2.05) is 24.4 Å². The molecule has 0 aliphatic rings. The topological polar surface area (TPSA) is 36.5 Å². The van der Waals surface area contributed by atoms with Gasteiger partial charge in [-0.25, -0.2) is 0 Å². The SMILES string of the molecule is CCCCCCCCCCCC[n+]1ccccc1C=NO.[Cl-]. The van der Waals surface area contributed by atoms with Crippen LogP contribution in [-0.4, -0.2) is 11.4 Å². The van der Waals surface area contributed by atoms with Gasteiger partial charge in [-0.3, -0.25) is 0 Å². The molecule has 0 fully saturated rings. The monoisotopic (exact) mass is 326 g/mol. The zero-order valence-corrected chi connectivity index (χ0v) is 14.6. The first-order valence-electron chi connectivity index (χ1n) is 8.54. The molecule has 1 N–H and O–H groups in total. The van der Waals surface area contributed by atoms with Gasteiger partial charge in [-0.15, -0.1) is 0 Å². The number of unbranched alkanes of at least 4 members (excludes halogenated alkanes) is 9. The van der Waals surface area contributed by atoms with E-state index < -0.39 is 0 Å². The molecule has 3 nitrogen and oxygen atoms in total. The number of halogens is 1. The van der Waals surface area contributed by atoms with Crippen molar-refractivity contribution in [2.75, 3.05) is 0 Å². The van der Waals surface area contributed by atoms with Crippen molar-refractivity contribution in [3.05, 3.63) is 30.1 Å². The third kappa shape index (κ3) is 9.78. The zero-order valence-electron chi connectivity index (χ0n) is 13.9. The molecule has 0 aliphatic carbocycles. The molecule has 0 spiro atoms. The summed E-state index contributed by atoms with van der Waals surface area (Å²) >= 11 is 0. The van der Waals surface area contributed by atoms with E-state index >= 15 is 0 Å². The minimum atomic E-state index is 0. The molecule has 1 aromatic rings. The van der Waals surface area contributed by atoms with Crippen LogP contribution in [0.25, 0.3) is 0 Å². The van der Waals surface area contributed by atoms with E-state index in [1.54, 1.807) is 0 Å². The molecule has 0 amide bonds. The van der Waals surface area contributed by atoms with E-state index in [0.717, 1.165) is 12.2 Å². The molecule has 0 saturated carbocycles. The maximum atomic E-state index is 8.65. The molecule has 0 radical (unpaired) electrons. The highest BCUT2D eigenvalue weighted by atomic mass is 35.5. The Bertz CT molecular complexity index is 396. The van der Waals surface area contributed by atoms with Gasteiger partial charge in [-0.2, -0.15) is 4.57 Å². The Kier molecular flexibility index (Phi) is 14.1. The van der Waals surface area contributed by atoms with E-state index in [4.69, 9.17) is 5.21 Å². The van der Waals surface area contributed by atoms with Crippen molar-refractivity contribution in [1.29, 1.82) is 0 Å². The van der Waals surface area contributed by atoms with Crippen molar-refractivity contribution in [2.45, 2.75) is 77.7 Å². The number of nitrogens with zero attached hydrogens (tertiary/aromatic N) is 2. The minimum absolute atomic E-state index is 0. The second-order valence-electron chi connectivity index (χ2n) is 5.75. The fraction of sp³-hybridized carbons (Fsp3) is 0.667. The quantitative estimate of drug-likeness (QED) is 0.205. The Labute approximate surface area is 141 Å². The molecule has 1 aromatic heterocycles. The van der Waals surface area contributed by atoms with Gasteiger partial charge >= 0.3 is 0 Å². The summed E-state index contributed by atoms with van der Waals surface area (Å²) in [6, 6.07) is 5.95. The second kappa shape index (κ2) is 14.8. The van der Waals surface area contributed by atoms with Crippen molar-refractivity contribution in [3.8, 4) is 0 Å². The average Bonchev–Trinajstić information content (AvgIpc) is 2.51. The second-order valence-corrected chi connectivity index (χ2v) is 5.75. The third-order valence-electron chi connectivity index (χ3n) is 3.92. The lowest BCUT2D eigenvalue weighted by atomic mass is 10.1. The predicted molar refractivity (Wildman–Crippen MR) is 87.9 cm³/mol. The summed E-state index contributed by atoms with van der Waals surface area (Å²) in [5.74, 6) is 0. The van der Waals surface area contributed by atoms with Crippen molar-refractivity contribution in [2.24, 2.45) is 5.16 Å². The summed E-state index contributed by atoms with van der Waals surface area (Å²) in [5.41, 5.74) is 0.955. The van der Waals surface area contributed by atoms with Gasteiger partial charge in [0.1, 0.15) is 12.8 Å². The van der Waals surface area contributed by atoms with Crippen LogP contribution in [0.2, 0.25) is 0 Å². The summed E-state index contributed by atoms with van der Waals surface area (Å²) in [5, 5.41) is 11.8. The van der Waals surface area contributed by atoms with Gasteiger partial charge in [0.25, 0.3) is 0 Å². The number of oxime groups is 1. The molecule has 0 saturated heterocycles. The Hall–Kier alpha value is -1.09. The van der Waals surface area contributed by atoms with Crippen LogP contribution in [-0.2, 0) is 6.54 Å². The Morgan fingerprint density at radius 1 is 0.955 bits per heavy atom. The zero-order chi connectivity index (χ0) is 15.2. The van der Waals surface area contributed by atoms with Crippen molar-refractivity contribution >= 4 is 6.21 Å². The molecule has 126 valence electrons. The van der Waals surface area contributed by atoms with Gasteiger partial charge in [-0.05, 0) is 12.5 Å². The summed E-state index contributed by atoms with van der Waals surface area (Å²) in [6.45, 7) is 3.27. The van der Waals surface area contributed by atoms with Crippen molar-refractivity contribution in [3.63, 3.8) is 0 Å². The van der Waals surface area contributed by atoms with Gasteiger partial charge in [0, 0.05) is 18.6 Å². The first-order valence-corrected chi connectivity index (χ1v) is 8.54. The van der Waals surface area contributed by atoms with E-state index in [9.17, 15) is 0 Å². The molecule has 0 unspecified atom stereocenters. The lowest BCUT2D eigenvalue weighted by Gasteiger charge is -2.02. The van der Waals surface area contributed by atoms with Crippen LogP contribution in [0.15, 0.2) is 29.6 Å². The molecule has 1 heterocycles. The van der Waals surface area contributed by atoms with Gasteiger partial charge < -0.3 is 17.6 Å². The number of hydrogen-bond donors (Lipinski definition) is 1. The summed E-state index contributed by atoms with van der Waals surface area (Å²) in [7, 11) is 0. The average molecular weight is 327 g/mol. The maximum absolute atomic E-state index is 8.65. The van der Waals surface area contributed by atoms with Crippen molar-refractivity contribution in [1.82, 2.24) is 0 Å². The molecule has 22 heavy (non-hydrogen) atoms. The first kappa shape index (κ1) is 20.9. The van der Waals surface area contributed by atoms with Crippen LogP contribution >= 0.6 is 0 Å². The van der Waals surface area contributed by atoms with Gasteiger partial charge in [0.2, 0.25) is 5.69 Å². The highest BCUT2D eigenvalue weighted by Crippen LogP contribution is 2.10. The molecule has 4 heteroatoms. The standard InChI is InChI=1S/C18H30N2O.ClH/c1-2-3-4-5-6-7-8-9-10-12-15-20-16-13-11-14-18(20)17-19-21;/h11,13-14,16-17H,2-10,12,15H2,1H3;1H. The van der Waals surface area contributed by atoms with Crippen LogP contribution in [0.5, 0.6) is 0 Å². The van der Waals surface area contributed by atoms with Gasteiger partial charge in [-0.1, -0.05) is 63.4 Å². The molecule has 0 atom stereocenters. The van der Waals surface area contributed by atoms with Crippen LogP contribution in [0.1, 0.15) is 76.8 Å². The summed E-state index contributed by atoms with van der Waals surface area (Å²) in [4.78, 5) is 0. The van der Waals surface area contributed by atoms with Crippen LogP contribution < -0.4 is 17.0 Å². The smallest absolute Gasteiger partial charge is 0.227 e. The summed E-state index contributed by atoms with van der Waals surface area (Å²) < 4.78 is 2.14. The van der Waals surface area contributed by atoms with Crippen molar-refractivity contribution < 1.29 is 22.2 Å².